The zero-order chi connectivity index (χ0) is 13.3. The van der Waals surface area contributed by atoms with Crippen molar-refractivity contribution in [1.82, 2.24) is 15.0 Å². The molecule has 0 atom stereocenters. The van der Waals surface area contributed by atoms with Crippen molar-refractivity contribution in [3.05, 3.63) is 38.5 Å². The Bertz CT molecular complexity index is 610. The van der Waals surface area contributed by atoms with Crippen LogP contribution in [0, 0.1) is 10.1 Å². The SMILES string of the molecule is CCc1c(N)nnn1-c1ccc([N+](=O)[O-])cc1Br. The number of benzene rings is 1. The Labute approximate surface area is 111 Å². The van der Waals surface area contributed by atoms with Gasteiger partial charge in [0.2, 0.25) is 0 Å². The van der Waals surface area contributed by atoms with Crippen molar-refractivity contribution in [3.8, 4) is 5.69 Å². The fraction of sp³-hybridized carbons (Fsp3) is 0.200. The summed E-state index contributed by atoms with van der Waals surface area (Å²) in [5, 5.41) is 18.4. The number of rotatable bonds is 3. The van der Waals surface area contributed by atoms with Gasteiger partial charge in [0.25, 0.3) is 5.69 Å². The minimum Gasteiger partial charge on any atom is -0.381 e. The summed E-state index contributed by atoms with van der Waals surface area (Å²) in [6.07, 6.45) is 0.669. The Hall–Kier alpha value is -1.96. The molecule has 0 aliphatic rings. The number of aromatic nitrogens is 3. The van der Waals surface area contributed by atoms with Crippen molar-refractivity contribution in [2.24, 2.45) is 0 Å². The van der Waals surface area contributed by atoms with Gasteiger partial charge in [0.15, 0.2) is 5.82 Å². The molecule has 0 unspecified atom stereocenters. The summed E-state index contributed by atoms with van der Waals surface area (Å²) in [5.74, 6) is 0.364. The van der Waals surface area contributed by atoms with Crippen molar-refractivity contribution in [2.75, 3.05) is 5.73 Å². The molecule has 0 amide bonds. The van der Waals surface area contributed by atoms with E-state index in [1.165, 1.54) is 12.1 Å². The summed E-state index contributed by atoms with van der Waals surface area (Å²) in [4.78, 5) is 10.2. The van der Waals surface area contributed by atoms with Crippen LogP contribution in [0.4, 0.5) is 11.5 Å². The van der Waals surface area contributed by atoms with Crippen LogP contribution in [0.15, 0.2) is 22.7 Å². The third kappa shape index (κ3) is 2.06. The molecule has 8 heteroatoms. The van der Waals surface area contributed by atoms with Gasteiger partial charge in [-0.1, -0.05) is 12.1 Å². The molecule has 0 bridgehead atoms. The number of non-ortho nitro benzene ring substituents is 1. The molecule has 7 nitrogen and oxygen atoms in total. The molecule has 1 aromatic heterocycles. The number of nitrogen functional groups attached to an aromatic ring is 1. The van der Waals surface area contributed by atoms with E-state index in [1.807, 2.05) is 6.92 Å². The molecular formula is C10H10BrN5O2. The van der Waals surface area contributed by atoms with E-state index in [2.05, 4.69) is 26.2 Å². The average molecular weight is 312 g/mol. The lowest BCUT2D eigenvalue weighted by Gasteiger charge is -2.06. The van der Waals surface area contributed by atoms with Gasteiger partial charge >= 0.3 is 0 Å². The van der Waals surface area contributed by atoms with E-state index in [1.54, 1.807) is 10.7 Å². The highest BCUT2D eigenvalue weighted by molar-refractivity contribution is 9.10. The number of nitrogens with two attached hydrogens (primary N) is 1. The highest BCUT2D eigenvalue weighted by Gasteiger charge is 2.15. The summed E-state index contributed by atoms with van der Waals surface area (Å²) >= 11 is 3.29. The van der Waals surface area contributed by atoms with Crippen molar-refractivity contribution in [1.29, 1.82) is 0 Å². The quantitative estimate of drug-likeness (QED) is 0.691. The van der Waals surface area contributed by atoms with Gasteiger partial charge < -0.3 is 5.73 Å². The van der Waals surface area contributed by atoms with Gasteiger partial charge in [0, 0.05) is 12.1 Å². The second-order valence-corrected chi connectivity index (χ2v) is 4.43. The first-order chi connectivity index (χ1) is 8.54. The van der Waals surface area contributed by atoms with Crippen LogP contribution in [0.25, 0.3) is 5.69 Å². The third-order valence-corrected chi connectivity index (χ3v) is 3.13. The number of halogens is 1. The van der Waals surface area contributed by atoms with Crippen LogP contribution in [0.2, 0.25) is 0 Å². The molecular weight excluding hydrogens is 302 g/mol. The number of anilines is 1. The van der Waals surface area contributed by atoms with E-state index in [0.29, 0.717) is 22.4 Å². The summed E-state index contributed by atoms with van der Waals surface area (Å²) in [6.45, 7) is 1.94. The van der Waals surface area contributed by atoms with Crippen molar-refractivity contribution >= 4 is 27.4 Å². The maximum absolute atomic E-state index is 10.7. The number of nitro benzene ring substituents is 1. The Kier molecular flexibility index (Phi) is 3.28. The zero-order valence-electron chi connectivity index (χ0n) is 9.50. The van der Waals surface area contributed by atoms with Crippen molar-refractivity contribution in [3.63, 3.8) is 0 Å². The van der Waals surface area contributed by atoms with Crippen LogP contribution in [0.3, 0.4) is 0 Å². The molecule has 18 heavy (non-hydrogen) atoms. The maximum atomic E-state index is 10.7. The molecule has 0 fully saturated rings. The van der Waals surface area contributed by atoms with Crippen LogP contribution in [-0.2, 0) is 6.42 Å². The first-order valence-corrected chi connectivity index (χ1v) is 5.98. The van der Waals surface area contributed by atoms with Crippen molar-refractivity contribution < 1.29 is 4.92 Å². The summed E-state index contributed by atoms with van der Waals surface area (Å²) < 4.78 is 2.14. The molecule has 0 saturated carbocycles. The summed E-state index contributed by atoms with van der Waals surface area (Å²) in [7, 11) is 0. The van der Waals surface area contributed by atoms with Crippen LogP contribution in [0.1, 0.15) is 12.6 Å². The second kappa shape index (κ2) is 4.73. The Morgan fingerprint density at radius 3 is 2.83 bits per heavy atom. The number of hydrogen-bond donors (Lipinski definition) is 1. The Balaban J connectivity index is 2.54. The largest absolute Gasteiger partial charge is 0.381 e. The molecule has 2 N–H and O–H groups in total. The molecule has 0 spiro atoms. The summed E-state index contributed by atoms with van der Waals surface area (Å²) in [6, 6.07) is 4.44. The smallest absolute Gasteiger partial charge is 0.270 e. The van der Waals surface area contributed by atoms with E-state index >= 15 is 0 Å². The molecule has 2 rings (SSSR count). The third-order valence-electron chi connectivity index (χ3n) is 2.50. The molecule has 1 heterocycles. The lowest BCUT2D eigenvalue weighted by molar-refractivity contribution is -0.384. The monoisotopic (exact) mass is 311 g/mol. The van der Waals surface area contributed by atoms with Gasteiger partial charge in [0.05, 0.1) is 20.8 Å². The number of hydrogen-bond acceptors (Lipinski definition) is 5. The maximum Gasteiger partial charge on any atom is 0.270 e. The zero-order valence-corrected chi connectivity index (χ0v) is 11.1. The van der Waals surface area contributed by atoms with Gasteiger partial charge in [-0.15, -0.1) is 5.10 Å². The van der Waals surface area contributed by atoms with Gasteiger partial charge in [-0.3, -0.25) is 10.1 Å². The second-order valence-electron chi connectivity index (χ2n) is 3.58. The summed E-state index contributed by atoms with van der Waals surface area (Å²) in [5.41, 5.74) is 7.15. The lowest BCUT2D eigenvalue weighted by Crippen LogP contribution is -2.04. The predicted octanol–water partition coefficient (Wildman–Crippen LogP) is 2.08. The highest BCUT2D eigenvalue weighted by Crippen LogP contribution is 2.27. The van der Waals surface area contributed by atoms with Gasteiger partial charge in [-0.05, 0) is 28.4 Å². The standard InChI is InChI=1S/C10H10BrN5O2/c1-2-8-10(12)13-14-15(8)9-4-3-6(16(17)18)5-7(9)11/h3-5H,2,12H2,1H3. The van der Waals surface area contributed by atoms with Crippen LogP contribution >= 0.6 is 15.9 Å². The van der Waals surface area contributed by atoms with E-state index in [9.17, 15) is 10.1 Å². The van der Waals surface area contributed by atoms with Gasteiger partial charge in [0.1, 0.15) is 0 Å². The normalized spacial score (nSPS) is 10.6. The molecule has 0 aliphatic heterocycles. The Morgan fingerprint density at radius 2 is 2.28 bits per heavy atom. The van der Waals surface area contributed by atoms with Gasteiger partial charge in [-0.2, -0.15) is 0 Å². The number of nitrogens with zero attached hydrogens (tertiary/aromatic N) is 4. The van der Waals surface area contributed by atoms with E-state index in [0.717, 1.165) is 5.69 Å². The average Bonchev–Trinajstić information content (AvgIpc) is 2.70. The molecule has 0 saturated heterocycles. The first kappa shape index (κ1) is 12.5. The highest BCUT2D eigenvalue weighted by atomic mass is 79.9. The van der Waals surface area contributed by atoms with Crippen molar-refractivity contribution in [2.45, 2.75) is 13.3 Å². The number of nitro groups is 1. The van der Waals surface area contributed by atoms with Crippen LogP contribution < -0.4 is 5.73 Å². The first-order valence-electron chi connectivity index (χ1n) is 5.19. The fourth-order valence-electron chi connectivity index (χ4n) is 1.62. The van der Waals surface area contributed by atoms with E-state index < -0.39 is 4.92 Å². The minimum atomic E-state index is -0.453. The molecule has 94 valence electrons. The molecule has 1 aromatic carbocycles. The van der Waals surface area contributed by atoms with Gasteiger partial charge in [-0.25, -0.2) is 4.68 Å². The molecule has 0 radical (unpaired) electrons. The van der Waals surface area contributed by atoms with E-state index in [4.69, 9.17) is 5.73 Å². The Morgan fingerprint density at radius 1 is 1.56 bits per heavy atom. The predicted molar refractivity (Wildman–Crippen MR) is 69.5 cm³/mol. The van der Waals surface area contributed by atoms with Crippen LogP contribution in [-0.4, -0.2) is 19.9 Å². The fourth-order valence-corrected chi connectivity index (χ4v) is 2.15. The minimum absolute atomic E-state index is 0.0109. The van der Waals surface area contributed by atoms with E-state index in [-0.39, 0.29) is 5.69 Å². The molecule has 0 aliphatic carbocycles. The van der Waals surface area contributed by atoms with Crippen LogP contribution in [0.5, 0.6) is 0 Å². The molecule has 2 aromatic rings. The lowest BCUT2D eigenvalue weighted by atomic mass is 10.2. The topological polar surface area (TPSA) is 99.9 Å².